The molecule has 0 bridgehead atoms. The van der Waals surface area contributed by atoms with Crippen molar-refractivity contribution in [2.24, 2.45) is 7.05 Å². The Morgan fingerprint density at radius 2 is 2.05 bits per heavy atom. The van der Waals surface area contributed by atoms with E-state index in [-0.39, 0.29) is 6.04 Å². The van der Waals surface area contributed by atoms with Gasteiger partial charge in [-0.15, -0.1) is 0 Å². The topological polar surface area (TPSA) is 63.1 Å². The second-order valence-corrected chi connectivity index (χ2v) is 6.60. The summed E-state index contributed by atoms with van der Waals surface area (Å²) < 4.78 is 28.8. The molecular weight excluding hydrogens is 262 g/mol. The van der Waals surface area contributed by atoms with Crippen molar-refractivity contribution < 1.29 is 8.42 Å². The van der Waals surface area contributed by atoms with Crippen LogP contribution in [0.2, 0.25) is 0 Å². The Kier molecular flexibility index (Phi) is 6.03. The number of aryl methyl sites for hydroxylation is 1. The van der Waals surface area contributed by atoms with Crippen molar-refractivity contribution in [3.63, 3.8) is 0 Å². The van der Waals surface area contributed by atoms with Gasteiger partial charge in [-0.25, -0.2) is 13.1 Å². The van der Waals surface area contributed by atoms with E-state index in [9.17, 15) is 8.42 Å². The van der Waals surface area contributed by atoms with Crippen LogP contribution in [0.3, 0.4) is 0 Å². The smallest absolute Gasteiger partial charge is 0.242 e. The largest absolute Gasteiger partial charge is 0.352 e. The molecule has 0 saturated heterocycles. The highest BCUT2D eigenvalue weighted by Crippen LogP contribution is 2.14. The molecule has 19 heavy (non-hydrogen) atoms. The first-order chi connectivity index (χ1) is 8.90. The van der Waals surface area contributed by atoms with Gasteiger partial charge in [0.25, 0.3) is 0 Å². The maximum Gasteiger partial charge on any atom is 0.242 e. The van der Waals surface area contributed by atoms with E-state index >= 15 is 0 Å². The Morgan fingerprint density at radius 1 is 1.37 bits per heavy atom. The van der Waals surface area contributed by atoms with Crippen molar-refractivity contribution in [2.75, 3.05) is 6.54 Å². The first-order valence-corrected chi connectivity index (χ1v) is 8.27. The lowest BCUT2D eigenvalue weighted by Crippen LogP contribution is -2.31. The summed E-state index contributed by atoms with van der Waals surface area (Å²) in [4.78, 5) is 0.337. The fraction of sp³-hybridized carbons (Fsp3) is 0.692. The minimum atomic E-state index is -3.40. The maximum atomic E-state index is 12.2. The molecule has 1 rings (SSSR count). The number of nitrogens with zero attached hydrogens (tertiary/aromatic N) is 1. The highest BCUT2D eigenvalue weighted by atomic mass is 32.2. The van der Waals surface area contributed by atoms with Gasteiger partial charge in [-0.1, -0.05) is 13.8 Å². The van der Waals surface area contributed by atoms with E-state index in [1.54, 1.807) is 12.3 Å². The van der Waals surface area contributed by atoms with Crippen LogP contribution in [0.15, 0.2) is 17.2 Å². The second kappa shape index (κ2) is 7.07. The first-order valence-electron chi connectivity index (χ1n) is 6.79. The van der Waals surface area contributed by atoms with E-state index in [2.05, 4.69) is 17.0 Å². The zero-order valence-electron chi connectivity index (χ0n) is 12.2. The van der Waals surface area contributed by atoms with Gasteiger partial charge >= 0.3 is 0 Å². The van der Waals surface area contributed by atoms with Crippen LogP contribution in [0.1, 0.15) is 39.3 Å². The summed E-state index contributed by atoms with van der Waals surface area (Å²) in [5.41, 5.74) is 0.970. The van der Waals surface area contributed by atoms with Crippen molar-refractivity contribution in [3.05, 3.63) is 18.0 Å². The zero-order valence-corrected chi connectivity index (χ0v) is 13.0. The molecular formula is C13H25N3O2S. The van der Waals surface area contributed by atoms with Crippen LogP contribution in [0, 0.1) is 0 Å². The predicted octanol–water partition coefficient (Wildman–Crippen LogP) is 1.60. The molecule has 0 aliphatic rings. The molecule has 0 aliphatic heterocycles. The average molecular weight is 287 g/mol. The van der Waals surface area contributed by atoms with E-state index in [0.717, 1.165) is 25.1 Å². The average Bonchev–Trinajstić information content (AvgIpc) is 2.71. The lowest BCUT2D eigenvalue weighted by molar-refractivity contribution is 0.555. The number of sulfonamides is 1. The van der Waals surface area contributed by atoms with E-state index in [0.29, 0.717) is 11.4 Å². The summed E-state index contributed by atoms with van der Waals surface area (Å²) in [5.74, 6) is 0. The van der Waals surface area contributed by atoms with E-state index in [1.807, 2.05) is 25.5 Å². The van der Waals surface area contributed by atoms with Crippen LogP contribution in [0.4, 0.5) is 0 Å². The molecule has 1 aromatic heterocycles. The van der Waals surface area contributed by atoms with Crippen LogP contribution in [-0.2, 0) is 23.6 Å². The van der Waals surface area contributed by atoms with Crippen molar-refractivity contribution in [2.45, 2.75) is 51.1 Å². The fourth-order valence-corrected chi connectivity index (χ4v) is 3.13. The fourth-order valence-electron chi connectivity index (χ4n) is 1.71. The third kappa shape index (κ3) is 4.63. The number of hydrogen-bond donors (Lipinski definition) is 2. The molecule has 5 nitrogen and oxygen atoms in total. The third-order valence-electron chi connectivity index (χ3n) is 3.09. The van der Waals surface area contributed by atoms with E-state index < -0.39 is 10.0 Å². The Morgan fingerprint density at radius 3 is 2.63 bits per heavy atom. The SMILES string of the molecule is CCCNCc1cc(S(=O)(=O)NC(C)CC)cn1C. The van der Waals surface area contributed by atoms with Gasteiger partial charge in [0.2, 0.25) is 10.0 Å². The molecule has 2 N–H and O–H groups in total. The molecule has 0 fully saturated rings. The molecule has 110 valence electrons. The summed E-state index contributed by atoms with van der Waals surface area (Å²) >= 11 is 0. The lowest BCUT2D eigenvalue weighted by Gasteiger charge is -2.10. The van der Waals surface area contributed by atoms with E-state index in [4.69, 9.17) is 0 Å². The molecule has 0 aromatic carbocycles. The number of hydrogen-bond acceptors (Lipinski definition) is 3. The van der Waals surface area contributed by atoms with Crippen molar-refractivity contribution >= 4 is 10.0 Å². The van der Waals surface area contributed by atoms with Crippen LogP contribution in [0.5, 0.6) is 0 Å². The van der Waals surface area contributed by atoms with Crippen LogP contribution in [-0.4, -0.2) is 25.6 Å². The summed E-state index contributed by atoms with van der Waals surface area (Å²) in [5, 5.41) is 3.27. The van der Waals surface area contributed by atoms with Gasteiger partial charge in [-0.05, 0) is 32.4 Å². The minimum absolute atomic E-state index is 0.0492. The number of aromatic nitrogens is 1. The van der Waals surface area contributed by atoms with Gasteiger partial charge < -0.3 is 9.88 Å². The number of rotatable bonds is 8. The molecule has 0 saturated carbocycles. The van der Waals surface area contributed by atoms with Crippen LogP contribution >= 0.6 is 0 Å². The Balaban J connectivity index is 2.81. The highest BCUT2D eigenvalue weighted by Gasteiger charge is 2.19. The minimum Gasteiger partial charge on any atom is -0.352 e. The molecule has 1 aromatic rings. The van der Waals surface area contributed by atoms with Crippen molar-refractivity contribution in [1.29, 1.82) is 0 Å². The quantitative estimate of drug-likeness (QED) is 0.714. The van der Waals surface area contributed by atoms with Gasteiger partial charge in [0.1, 0.15) is 0 Å². The molecule has 0 aliphatic carbocycles. The molecule has 0 radical (unpaired) electrons. The monoisotopic (exact) mass is 287 g/mol. The zero-order chi connectivity index (χ0) is 14.5. The maximum absolute atomic E-state index is 12.2. The summed E-state index contributed by atoms with van der Waals surface area (Å²) in [6.07, 6.45) is 3.50. The summed E-state index contributed by atoms with van der Waals surface area (Å²) in [6.45, 7) is 7.54. The van der Waals surface area contributed by atoms with Crippen LogP contribution < -0.4 is 10.0 Å². The normalized spacial score (nSPS) is 13.7. The molecule has 0 spiro atoms. The van der Waals surface area contributed by atoms with Gasteiger partial charge in [0, 0.05) is 31.5 Å². The molecule has 1 unspecified atom stereocenters. The van der Waals surface area contributed by atoms with Crippen molar-refractivity contribution in [1.82, 2.24) is 14.6 Å². The molecule has 0 amide bonds. The predicted molar refractivity (Wildman–Crippen MR) is 77.5 cm³/mol. The first kappa shape index (κ1) is 16.2. The van der Waals surface area contributed by atoms with Gasteiger partial charge in [0.15, 0.2) is 0 Å². The lowest BCUT2D eigenvalue weighted by atomic mass is 10.3. The summed E-state index contributed by atoms with van der Waals surface area (Å²) in [6, 6.07) is 1.68. The molecule has 1 heterocycles. The van der Waals surface area contributed by atoms with Gasteiger partial charge in [-0.2, -0.15) is 0 Å². The van der Waals surface area contributed by atoms with Gasteiger partial charge in [-0.3, -0.25) is 0 Å². The van der Waals surface area contributed by atoms with E-state index in [1.165, 1.54) is 0 Å². The Bertz CT molecular complexity index is 494. The van der Waals surface area contributed by atoms with Crippen LogP contribution in [0.25, 0.3) is 0 Å². The third-order valence-corrected chi connectivity index (χ3v) is 4.65. The van der Waals surface area contributed by atoms with Gasteiger partial charge in [0.05, 0.1) is 4.90 Å². The second-order valence-electron chi connectivity index (χ2n) is 4.89. The Labute approximate surface area is 116 Å². The molecule has 1 atom stereocenters. The van der Waals surface area contributed by atoms with Crippen molar-refractivity contribution in [3.8, 4) is 0 Å². The Hall–Kier alpha value is -0.850. The molecule has 6 heteroatoms. The number of nitrogens with one attached hydrogen (secondary N) is 2. The standard InChI is InChI=1S/C13H25N3O2S/c1-5-7-14-9-12-8-13(10-16(12)4)19(17,18)15-11(3)6-2/h8,10-11,14-15H,5-7,9H2,1-4H3. The highest BCUT2D eigenvalue weighted by molar-refractivity contribution is 7.89. The summed E-state index contributed by atoms with van der Waals surface area (Å²) in [7, 11) is -1.54.